The predicted molar refractivity (Wildman–Crippen MR) is 92.2 cm³/mol. The Morgan fingerprint density at radius 3 is 2.29 bits per heavy atom. The number of carboxylic acid groups (broad SMARTS) is 1. The second-order valence-corrected chi connectivity index (χ2v) is 6.31. The Labute approximate surface area is 141 Å². The molecule has 1 heterocycles. The van der Waals surface area contributed by atoms with Crippen LogP contribution in [-0.4, -0.2) is 35.0 Å². The zero-order chi connectivity index (χ0) is 16.9. The highest BCUT2D eigenvalue weighted by molar-refractivity contribution is 5.97. The molecule has 1 amide bonds. The minimum Gasteiger partial charge on any atom is -0.478 e. The summed E-state index contributed by atoms with van der Waals surface area (Å²) >= 11 is 0. The van der Waals surface area contributed by atoms with Crippen LogP contribution >= 0.6 is 0 Å². The van der Waals surface area contributed by atoms with E-state index in [1.54, 1.807) is 12.1 Å². The summed E-state index contributed by atoms with van der Waals surface area (Å²) in [4.78, 5) is 25.5. The van der Waals surface area contributed by atoms with E-state index in [2.05, 4.69) is 24.3 Å². The molecule has 124 valence electrons. The van der Waals surface area contributed by atoms with Gasteiger partial charge in [0.05, 0.1) is 5.56 Å². The molecule has 0 bridgehead atoms. The number of aromatic carboxylic acids is 1. The Kier molecular flexibility index (Phi) is 4.94. The van der Waals surface area contributed by atoms with Crippen LogP contribution in [0.25, 0.3) is 0 Å². The third-order valence-corrected chi connectivity index (χ3v) is 4.63. The van der Waals surface area contributed by atoms with E-state index in [1.807, 2.05) is 11.0 Å². The lowest BCUT2D eigenvalue weighted by Crippen LogP contribution is -2.39. The highest BCUT2D eigenvalue weighted by Gasteiger charge is 2.24. The van der Waals surface area contributed by atoms with Gasteiger partial charge in [0.25, 0.3) is 5.91 Å². The molecule has 0 saturated carbocycles. The first kappa shape index (κ1) is 16.2. The predicted octanol–water partition coefficient (Wildman–Crippen LogP) is 3.48. The summed E-state index contributed by atoms with van der Waals surface area (Å²) in [5, 5.41) is 9.05. The average molecular weight is 323 g/mol. The summed E-state index contributed by atoms with van der Waals surface area (Å²) < 4.78 is 0. The second kappa shape index (κ2) is 7.30. The fraction of sp³-hybridized carbons (Fsp3) is 0.300. The Morgan fingerprint density at radius 1 is 0.958 bits per heavy atom. The Hall–Kier alpha value is -2.62. The van der Waals surface area contributed by atoms with Crippen molar-refractivity contribution in [2.75, 3.05) is 13.1 Å². The molecule has 2 aromatic carbocycles. The first-order valence-corrected chi connectivity index (χ1v) is 8.30. The van der Waals surface area contributed by atoms with Gasteiger partial charge in [-0.05, 0) is 48.9 Å². The average Bonchev–Trinajstić information content (AvgIpc) is 2.63. The van der Waals surface area contributed by atoms with E-state index in [4.69, 9.17) is 5.11 Å². The van der Waals surface area contributed by atoms with Crippen LogP contribution in [0.15, 0.2) is 54.6 Å². The highest BCUT2D eigenvalue weighted by Crippen LogP contribution is 2.23. The van der Waals surface area contributed by atoms with E-state index in [1.165, 1.54) is 17.7 Å². The molecular formula is C20H21NO3. The molecule has 4 heteroatoms. The number of nitrogens with zero attached hydrogens (tertiary/aromatic N) is 1. The summed E-state index contributed by atoms with van der Waals surface area (Å²) in [5.41, 5.74) is 1.95. The summed E-state index contributed by atoms with van der Waals surface area (Å²) in [7, 11) is 0. The van der Waals surface area contributed by atoms with Crippen LogP contribution in [0.2, 0.25) is 0 Å². The van der Waals surface area contributed by atoms with Crippen LogP contribution in [0, 0.1) is 5.92 Å². The minimum atomic E-state index is -1.01. The van der Waals surface area contributed by atoms with E-state index < -0.39 is 5.97 Å². The van der Waals surface area contributed by atoms with E-state index in [0.717, 1.165) is 32.4 Å². The molecule has 4 nitrogen and oxygen atoms in total. The lowest BCUT2D eigenvalue weighted by Gasteiger charge is -2.32. The Bertz CT molecular complexity index is 719. The quantitative estimate of drug-likeness (QED) is 0.937. The molecule has 0 atom stereocenters. The molecule has 1 fully saturated rings. The number of carboxylic acids is 1. The van der Waals surface area contributed by atoms with Crippen molar-refractivity contribution in [3.8, 4) is 0 Å². The maximum Gasteiger partial charge on any atom is 0.335 e. The molecule has 0 aromatic heterocycles. The first-order chi connectivity index (χ1) is 11.6. The van der Waals surface area contributed by atoms with Crippen LogP contribution in [0.1, 0.15) is 39.1 Å². The van der Waals surface area contributed by atoms with Gasteiger partial charge in [-0.25, -0.2) is 4.79 Å². The zero-order valence-electron chi connectivity index (χ0n) is 13.5. The first-order valence-electron chi connectivity index (χ1n) is 8.30. The molecule has 0 aliphatic carbocycles. The maximum absolute atomic E-state index is 12.6. The van der Waals surface area contributed by atoms with Gasteiger partial charge < -0.3 is 10.0 Å². The van der Waals surface area contributed by atoms with Crippen LogP contribution in [-0.2, 0) is 6.42 Å². The summed E-state index contributed by atoms with van der Waals surface area (Å²) in [6.07, 6.45) is 3.02. The van der Waals surface area contributed by atoms with E-state index in [9.17, 15) is 9.59 Å². The lowest BCUT2D eigenvalue weighted by molar-refractivity contribution is 0.0690. The summed E-state index contributed by atoms with van der Waals surface area (Å²) in [6.45, 7) is 1.46. The monoisotopic (exact) mass is 323 g/mol. The van der Waals surface area contributed by atoms with Crippen molar-refractivity contribution in [1.82, 2.24) is 4.90 Å². The van der Waals surface area contributed by atoms with Crippen molar-refractivity contribution in [2.45, 2.75) is 19.3 Å². The standard InChI is InChI=1S/C20H21NO3/c22-19(17-7-4-8-18(14-17)20(23)24)21-11-9-16(10-12-21)13-15-5-2-1-3-6-15/h1-8,14,16H,9-13H2,(H,23,24). The lowest BCUT2D eigenvalue weighted by atomic mass is 9.90. The van der Waals surface area contributed by atoms with Crippen molar-refractivity contribution in [1.29, 1.82) is 0 Å². The van der Waals surface area contributed by atoms with Crippen molar-refractivity contribution in [2.24, 2.45) is 5.92 Å². The van der Waals surface area contributed by atoms with Gasteiger partial charge in [0.1, 0.15) is 0 Å². The van der Waals surface area contributed by atoms with Gasteiger partial charge >= 0.3 is 5.97 Å². The van der Waals surface area contributed by atoms with Crippen molar-refractivity contribution in [3.05, 3.63) is 71.3 Å². The van der Waals surface area contributed by atoms with Gasteiger partial charge in [-0.2, -0.15) is 0 Å². The molecule has 0 unspecified atom stereocenters. The Morgan fingerprint density at radius 2 is 1.62 bits per heavy atom. The van der Waals surface area contributed by atoms with Gasteiger partial charge in [-0.3, -0.25) is 4.79 Å². The van der Waals surface area contributed by atoms with E-state index in [0.29, 0.717) is 11.5 Å². The number of piperidine rings is 1. The fourth-order valence-corrected chi connectivity index (χ4v) is 3.26. The van der Waals surface area contributed by atoms with Crippen LogP contribution in [0.5, 0.6) is 0 Å². The largest absolute Gasteiger partial charge is 0.478 e. The molecule has 24 heavy (non-hydrogen) atoms. The number of hydrogen-bond acceptors (Lipinski definition) is 2. The molecule has 1 aliphatic rings. The van der Waals surface area contributed by atoms with E-state index in [-0.39, 0.29) is 11.5 Å². The molecule has 0 radical (unpaired) electrons. The normalized spacial score (nSPS) is 15.2. The SMILES string of the molecule is O=C(O)c1cccc(C(=O)N2CCC(Cc3ccccc3)CC2)c1. The van der Waals surface area contributed by atoms with Crippen LogP contribution < -0.4 is 0 Å². The van der Waals surface area contributed by atoms with Gasteiger partial charge in [0.15, 0.2) is 0 Å². The van der Waals surface area contributed by atoms with Gasteiger partial charge in [-0.1, -0.05) is 36.4 Å². The minimum absolute atomic E-state index is 0.0729. The van der Waals surface area contributed by atoms with E-state index >= 15 is 0 Å². The summed E-state index contributed by atoms with van der Waals surface area (Å²) in [5.74, 6) is -0.482. The number of likely N-dealkylation sites (tertiary alicyclic amines) is 1. The zero-order valence-corrected chi connectivity index (χ0v) is 13.5. The van der Waals surface area contributed by atoms with Gasteiger partial charge in [0.2, 0.25) is 0 Å². The number of benzene rings is 2. The molecule has 2 aromatic rings. The number of amides is 1. The van der Waals surface area contributed by atoms with Gasteiger partial charge in [-0.15, -0.1) is 0 Å². The van der Waals surface area contributed by atoms with Crippen molar-refractivity contribution < 1.29 is 14.7 Å². The third-order valence-electron chi connectivity index (χ3n) is 4.63. The summed E-state index contributed by atoms with van der Waals surface area (Å²) in [6, 6.07) is 16.7. The maximum atomic E-state index is 12.6. The van der Waals surface area contributed by atoms with Crippen molar-refractivity contribution >= 4 is 11.9 Å². The number of rotatable bonds is 4. The van der Waals surface area contributed by atoms with Gasteiger partial charge in [0, 0.05) is 18.7 Å². The Balaban J connectivity index is 1.59. The third kappa shape index (κ3) is 3.82. The molecule has 3 rings (SSSR count). The smallest absolute Gasteiger partial charge is 0.335 e. The topological polar surface area (TPSA) is 57.6 Å². The number of hydrogen-bond donors (Lipinski definition) is 1. The number of carbonyl (C=O) groups is 2. The molecular weight excluding hydrogens is 302 g/mol. The fourth-order valence-electron chi connectivity index (χ4n) is 3.26. The number of carbonyl (C=O) groups excluding carboxylic acids is 1. The molecule has 1 N–H and O–H groups in total. The molecule has 0 spiro atoms. The molecule has 1 aliphatic heterocycles. The molecule has 1 saturated heterocycles. The van der Waals surface area contributed by atoms with Crippen molar-refractivity contribution in [3.63, 3.8) is 0 Å². The second-order valence-electron chi connectivity index (χ2n) is 6.31. The highest BCUT2D eigenvalue weighted by atomic mass is 16.4. The van der Waals surface area contributed by atoms with Crippen LogP contribution in [0.3, 0.4) is 0 Å². The van der Waals surface area contributed by atoms with Crippen LogP contribution in [0.4, 0.5) is 0 Å².